The zero-order chi connectivity index (χ0) is 15.6. The van der Waals surface area contributed by atoms with Crippen molar-refractivity contribution in [2.24, 2.45) is 0 Å². The quantitative estimate of drug-likeness (QED) is 0.372. The van der Waals surface area contributed by atoms with Gasteiger partial charge in [-0.1, -0.05) is 11.6 Å². The van der Waals surface area contributed by atoms with Crippen LogP contribution in [-0.4, -0.2) is 20.9 Å². The Kier molecular flexibility index (Phi) is 4.39. The number of rotatable bonds is 3. The lowest BCUT2D eigenvalue weighted by atomic mass is 10.2. The van der Waals surface area contributed by atoms with Crippen LogP contribution in [0.3, 0.4) is 0 Å². The van der Waals surface area contributed by atoms with Crippen LogP contribution in [0.1, 0.15) is 10.4 Å². The first kappa shape index (κ1) is 15.2. The number of benzene rings is 1. The van der Waals surface area contributed by atoms with Gasteiger partial charge in [0.15, 0.2) is 0 Å². The predicted octanol–water partition coefficient (Wildman–Crippen LogP) is 3.36. The van der Waals surface area contributed by atoms with Gasteiger partial charge in [0.2, 0.25) is 0 Å². The summed E-state index contributed by atoms with van der Waals surface area (Å²) in [5.74, 6) is -1.02. The molecule has 0 radical (unpaired) electrons. The van der Waals surface area contributed by atoms with Crippen LogP contribution >= 0.6 is 27.5 Å². The number of non-ortho nitro benzene ring substituents is 1. The largest absolute Gasteiger partial charge is 0.506 e. The molecule has 21 heavy (non-hydrogen) atoms. The van der Waals surface area contributed by atoms with Crippen LogP contribution in [-0.2, 0) is 0 Å². The van der Waals surface area contributed by atoms with Gasteiger partial charge in [-0.25, -0.2) is 4.98 Å². The van der Waals surface area contributed by atoms with Crippen molar-refractivity contribution < 1.29 is 14.8 Å². The van der Waals surface area contributed by atoms with E-state index in [1.165, 1.54) is 18.3 Å². The van der Waals surface area contributed by atoms with Gasteiger partial charge in [-0.2, -0.15) is 0 Å². The first-order chi connectivity index (χ1) is 9.88. The molecule has 1 amide bonds. The maximum atomic E-state index is 12.1. The van der Waals surface area contributed by atoms with Gasteiger partial charge in [-0.05, 0) is 28.1 Å². The maximum absolute atomic E-state index is 12.1. The van der Waals surface area contributed by atoms with Crippen molar-refractivity contribution in [3.8, 4) is 5.75 Å². The molecule has 1 aromatic heterocycles. The Labute approximate surface area is 131 Å². The van der Waals surface area contributed by atoms with Crippen LogP contribution in [0.2, 0.25) is 5.15 Å². The predicted molar refractivity (Wildman–Crippen MR) is 79.7 cm³/mol. The highest BCUT2D eigenvalue weighted by molar-refractivity contribution is 9.10. The summed E-state index contributed by atoms with van der Waals surface area (Å²) in [6.07, 6.45) is 1.43. The van der Waals surface area contributed by atoms with E-state index in [4.69, 9.17) is 11.6 Å². The van der Waals surface area contributed by atoms with Crippen molar-refractivity contribution >= 4 is 44.8 Å². The zero-order valence-electron chi connectivity index (χ0n) is 10.2. The molecule has 7 nitrogen and oxygen atoms in total. The topological polar surface area (TPSA) is 105 Å². The number of phenolic OH excluding ortho intramolecular Hbond substituents is 1. The van der Waals surface area contributed by atoms with Gasteiger partial charge in [0.25, 0.3) is 11.6 Å². The Balaban J connectivity index is 2.27. The maximum Gasteiger partial charge on any atom is 0.273 e. The molecule has 0 aliphatic rings. The van der Waals surface area contributed by atoms with E-state index < -0.39 is 16.6 Å². The lowest BCUT2D eigenvalue weighted by molar-refractivity contribution is -0.384. The smallest absolute Gasteiger partial charge is 0.273 e. The molecule has 0 unspecified atom stereocenters. The highest BCUT2D eigenvalue weighted by atomic mass is 79.9. The molecular formula is C12H7BrClN3O4. The van der Waals surface area contributed by atoms with Crippen molar-refractivity contribution in [2.45, 2.75) is 0 Å². The van der Waals surface area contributed by atoms with Gasteiger partial charge in [0.1, 0.15) is 10.9 Å². The summed E-state index contributed by atoms with van der Waals surface area (Å²) in [5, 5.41) is 22.7. The Bertz CT molecular complexity index is 738. The van der Waals surface area contributed by atoms with Crippen LogP contribution in [0.4, 0.5) is 11.4 Å². The number of amides is 1. The number of carbonyl (C=O) groups is 1. The average Bonchev–Trinajstić information content (AvgIpc) is 2.43. The minimum Gasteiger partial charge on any atom is -0.506 e. The van der Waals surface area contributed by atoms with E-state index in [1.54, 1.807) is 0 Å². The number of phenols is 1. The van der Waals surface area contributed by atoms with Gasteiger partial charge in [0, 0.05) is 16.7 Å². The van der Waals surface area contributed by atoms with Gasteiger partial charge in [-0.15, -0.1) is 0 Å². The number of nitro groups is 1. The lowest BCUT2D eigenvalue weighted by Crippen LogP contribution is -2.13. The number of nitrogens with zero attached hydrogens (tertiary/aromatic N) is 2. The van der Waals surface area contributed by atoms with Gasteiger partial charge in [-0.3, -0.25) is 14.9 Å². The number of aromatic hydroxyl groups is 1. The van der Waals surface area contributed by atoms with E-state index in [2.05, 4.69) is 26.2 Å². The molecule has 2 aromatic rings. The summed E-state index contributed by atoms with van der Waals surface area (Å²) in [6.45, 7) is 0. The number of halogens is 2. The minimum absolute atomic E-state index is 0.00268. The van der Waals surface area contributed by atoms with E-state index in [0.717, 1.165) is 12.1 Å². The molecule has 1 aromatic carbocycles. The normalized spacial score (nSPS) is 10.2. The van der Waals surface area contributed by atoms with E-state index in [0.29, 0.717) is 4.47 Å². The summed E-state index contributed by atoms with van der Waals surface area (Å²) in [6, 6.07) is 4.80. The average molecular weight is 373 g/mol. The molecule has 2 N–H and O–H groups in total. The zero-order valence-corrected chi connectivity index (χ0v) is 12.6. The molecule has 0 fully saturated rings. The number of pyridine rings is 1. The third-order valence-electron chi connectivity index (χ3n) is 2.49. The van der Waals surface area contributed by atoms with Gasteiger partial charge in [0.05, 0.1) is 22.2 Å². The van der Waals surface area contributed by atoms with Crippen LogP contribution in [0, 0.1) is 10.1 Å². The van der Waals surface area contributed by atoms with Crippen LogP contribution < -0.4 is 5.32 Å². The number of nitrogens with one attached hydrogen (secondary N) is 1. The summed E-state index contributed by atoms with van der Waals surface area (Å²) >= 11 is 8.98. The molecule has 0 spiro atoms. The van der Waals surface area contributed by atoms with E-state index >= 15 is 0 Å². The fourth-order valence-electron chi connectivity index (χ4n) is 1.51. The van der Waals surface area contributed by atoms with Crippen molar-refractivity contribution in [3.05, 3.63) is 55.8 Å². The molecule has 0 saturated heterocycles. The lowest BCUT2D eigenvalue weighted by Gasteiger charge is -2.08. The number of anilines is 1. The first-order valence-corrected chi connectivity index (χ1v) is 6.65. The Morgan fingerprint density at radius 2 is 2.14 bits per heavy atom. The van der Waals surface area contributed by atoms with Crippen molar-refractivity contribution in [3.63, 3.8) is 0 Å². The van der Waals surface area contributed by atoms with E-state index in [-0.39, 0.29) is 22.1 Å². The standard InChI is InChI=1S/C12H7BrClN3O4/c13-6-3-8(11(14)15-5-6)12(19)16-9-2-1-7(17(20)21)4-10(9)18/h1-5,18H,(H,16,19). The molecule has 108 valence electrons. The van der Waals surface area contributed by atoms with Crippen LogP contribution in [0.5, 0.6) is 5.75 Å². The monoisotopic (exact) mass is 371 g/mol. The second kappa shape index (κ2) is 6.06. The summed E-state index contributed by atoms with van der Waals surface area (Å²) in [5.41, 5.74) is -0.155. The molecule has 0 aliphatic heterocycles. The molecule has 0 saturated carbocycles. The summed E-state index contributed by atoms with van der Waals surface area (Å²) in [7, 11) is 0. The Morgan fingerprint density at radius 1 is 1.43 bits per heavy atom. The fraction of sp³-hybridized carbons (Fsp3) is 0. The molecule has 0 bridgehead atoms. The third kappa shape index (κ3) is 3.47. The molecule has 0 aliphatic carbocycles. The highest BCUT2D eigenvalue weighted by Gasteiger charge is 2.16. The number of hydrogen-bond donors (Lipinski definition) is 2. The van der Waals surface area contributed by atoms with Gasteiger partial charge < -0.3 is 10.4 Å². The second-order valence-electron chi connectivity index (χ2n) is 3.90. The number of hydrogen-bond acceptors (Lipinski definition) is 5. The SMILES string of the molecule is O=C(Nc1ccc([N+](=O)[O-])cc1O)c1cc(Br)cnc1Cl. The summed E-state index contributed by atoms with van der Waals surface area (Å²) in [4.78, 5) is 25.8. The van der Waals surface area contributed by atoms with Gasteiger partial charge >= 0.3 is 0 Å². The van der Waals surface area contributed by atoms with Crippen molar-refractivity contribution in [1.29, 1.82) is 0 Å². The Hall–Kier alpha value is -2.19. The second-order valence-corrected chi connectivity index (χ2v) is 5.18. The summed E-state index contributed by atoms with van der Waals surface area (Å²) < 4.78 is 0.560. The first-order valence-electron chi connectivity index (χ1n) is 5.48. The van der Waals surface area contributed by atoms with Crippen LogP contribution in [0.25, 0.3) is 0 Å². The number of carbonyl (C=O) groups excluding carboxylic acids is 1. The molecular weight excluding hydrogens is 366 g/mol. The highest BCUT2D eigenvalue weighted by Crippen LogP contribution is 2.29. The van der Waals surface area contributed by atoms with E-state index in [1.807, 2.05) is 0 Å². The fourth-order valence-corrected chi connectivity index (χ4v) is 2.03. The number of aromatic nitrogens is 1. The number of nitro benzene ring substituents is 1. The molecule has 2 rings (SSSR count). The molecule has 1 heterocycles. The Morgan fingerprint density at radius 3 is 2.76 bits per heavy atom. The molecule has 0 atom stereocenters. The van der Waals surface area contributed by atoms with E-state index in [9.17, 15) is 20.0 Å². The minimum atomic E-state index is -0.652. The van der Waals surface area contributed by atoms with Crippen molar-refractivity contribution in [1.82, 2.24) is 4.98 Å². The third-order valence-corrected chi connectivity index (χ3v) is 3.23. The van der Waals surface area contributed by atoms with Crippen LogP contribution in [0.15, 0.2) is 34.9 Å². The van der Waals surface area contributed by atoms with Crippen molar-refractivity contribution in [2.75, 3.05) is 5.32 Å². The molecule has 9 heteroatoms.